The number of esters is 2. The monoisotopic (exact) mass is 510 g/mol. The lowest BCUT2D eigenvalue weighted by Crippen LogP contribution is -2.73. The van der Waals surface area contributed by atoms with Gasteiger partial charge in [-0.15, -0.1) is 0 Å². The highest BCUT2D eigenvalue weighted by Gasteiger charge is 2.55. The Labute approximate surface area is 211 Å². The molecule has 12 nitrogen and oxygen atoms in total. The van der Waals surface area contributed by atoms with Crippen LogP contribution in [-0.2, 0) is 38.2 Å². The summed E-state index contributed by atoms with van der Waals surface area (Å²) >= 11 is 0. The Kier molecular flexibility index (Phi) is 7.79. The molecule has 4 amide bonds. The average molecular weight is 511 g/mol. The van der Waals surface area contributed by atoms with Gasteiger partial charge in [0.2, 0.25) is 23.6 Å². The molecule has 0 saturated carbocycles. The number of rotatable bonds is 7. The molecule has 0 radical (unpaired) electrons. The fourth-order valence-electron chi connectivity index (χ4n) is 4.42. The van der Waals surface area contributed by atoms with Crippen LogP contribution in [0.15, 0.2) is 0 Å². The number of hydrogen-bond acceptors (Lipinski definition) is 10. The van der Waals surface area contributed by atoms with E-state index in [-0.39, 0.29) is 13.2 Å². The fourth-order valence-corrected chi connectivity index (χ4v) is 4.42. The number of hydrogen-bond donors (Lipinski definition) is 0. The summed E-state index contributed by atoms with van der Waals surface area (Å²) < 4.78 is 10.1. The van der Waals surface area contributed by atoms with Crippen molar-refractivity contribution in [3.05, 3.63) is 0 Å². The van der Waals surface area contributed by atoms with Crippen molar-refractivity contribution in [3.63, 3.8) is 0 Å². The number of ether oxygens (including phenoxy) is 2. The van der Waals surface area contributed by atoms with Gasteiger partial charge in [-0.2, -0.15) is 0 Å². The predicted molar refractivity (Wildman–Crippen MR) is 127 cm³/mol. The van der Waals surface area contributed by atoms with E-state index in [0.717, 1.165) is 9.80 Å². The zero-order valence-electron chi connectivity index (χ0n) is 22.9. The van der Waals surface area contributed by atoms with Crippen LogP contribution in [0, 0.1) is 0 Å². The molecule has 2 aliphatic rings. The second-order valence-electron chi connectivity index (χ2n) is 11.2. The minimum absolute atomic E-state index is 0.324. The Morgan fingerprint density at radius 2 is 0.778 bits per heavy atom. The molecule has 0 atom stereocenters. The molecule has 2 fully saturated rings. The molecule has 36 heavy (non-hydrogen) atoms. The van der Waals surface area contributed by atoms with Crippen molar-refractivity contribution in [1.82, 2.24) is 19.6 Å². The standard InChI is InChI=1S/C24H38N4O8/c1-21(2)17(31)27(18(32)22(3,4)25(21)9)13-15(29)35-11-12-36-16(30)14-28-19(33)23(5,6)26(10)24(7,8)20(28)34/h11-14H2,1-10H3. The summed E-state index contributed by atoms with van der Waals surface area (Å²) in [4.78, 5) is 80.8. The summed E-state index contributed by atoms with van der Waals surface area (Å²) in [5.74, 6) is -3.76. The molecule has 0 aromatic heterocycles. The molecule has 0 aromatic rings. The van der Waals surface area contributed by atoms with E-state index in [2.05, 4.69) is 0 Å². The van der Waals surface area contributed by atoms with Crippen LogP contribution in [0.1, 0.15) is 55.4 Å². The van der Waals surface area contributed by atoms with Crippen molar-refractivity contribution >= 4 is 35.6 Å². The second-order valence-corrected chi connectivity index (χ2v) is 11.2. The summed E-state index contributed by atoms with van der Waals surface area (Å²) in [6, 6.07) is 0. The molecule has 12 heteroatoms. The van der Waals surface area contributed by atoms with Crippen LogP contribution >= 0.6 is 0 Å². The SMILES string of the molecule is CN1C(C)(C)C(=O)N(CC(=O)OCCOC(=O)CN2C(=O)C(C)(C)N(C)C(C)(C)C2=O)C(=O)C1(C)C. The van der Waals surface area contributed by atoms with Crippen molar-refractivity contribution in [3.8, 4) is 0 Å². The predicted octanol–water partition coefficient (Wildman–Crippen LogP) is -0.212. The highest BCUT2D eigenvalue weighted by atomic mass is 16.6. The van der Waals surface area contributed by atoms with Crippen LogP contribution in [0.3, 0.4) is 0 Å². The van der Waals surface area contributed by atoms with Crippen LogP contribution in [0.5, 0.6) is 0 Å². The maximum atomic E-state index is 12.8. The molecule has 2 heterocycles. The third kappa shape index (κ3) is 4.88. The number of carbonyl (C=O) groups excluding carboxylic acids is 6. The van der Waals surface area contributed by atoms with Crippen molar-refractivity contribution in [2.24, 2.45) is 0 Å². The first-order chi connectivity index (χ1) is 16.2. The Balaban J connectivity index is 1.90. The number of nitrogens with zero attached hydrogens (tertiary/aromatic N) is 4. The molecular formula is C24H38N4O8. The smallest absolute Gasteiger partial charge is 0.326 e. The van der Waals surface area contributed by atoms with Crippen LogP contribution in [0.2, 0.25) is 0 Å². The van der Waals surface area contributed by atoms with E-state index in [0.29, 0.717) is 0 Å². The third-order valence-electron chi connectivity index (χ3n) is 7.61. The number of carbonyl (C=O) groups is 6. The quantitative estimate of drug-likeness (QED) is 0.257. The number of piperazine rings is 2. The van der Waals surface area contributed by atoms with Crippen LogP contribution in [-0.4, -0.2) is 118 Å². The molecular weight excluding hydrogens is 472 g/mol. The van der Waals surface area contributed by atoms with E-state index < -0.39 is 70.8 Å². The van der Waals surface area contributed by atoms with Crippen molar-refractivity contribution < 1.29 is 38.2 Å². The Bertz CT molecular complexity index is 851. The largest absolute Gasteiger partial charge is 0.461 e. The molecule has 2 rings (SSSR count). The van der Waals surface area contributed by atoms with Gasteiger partial charge < -0.3 is 9.47 Å². The summed E-state index contributed by atoms with van der Waals surface area (Å²) in [5.41, 5.74) is -4.02. The van der Waals surface area contributed by atoms with Gasteiger partial charge in [-0.05, 0) is 69.5 Å². The highest BCUT2D eigenvalue weighted by molar-refractivity contribution is 6.08. The molecule has 0 bridgehead atoms. The lowest BCUT2D eigenvalue weighted by molar-refractivity contribution is -0.177. The first kappa shape index (κ1) is 29.4. The lowest BCUT2D eigenvalue weighted by Gasteiger charge is -2.51. The topological polar surface area (TPSA) is 134 Å². The minimum atomic E-state index is -1.01. The molecule has 0 unspecified atom stereocenters. The molecule has 0 N–H and O–H groups in total. The van der Waals surface area contributed by atoms with E-state index in [1.165, 1.54) is 0 Å². The van der Waals surface area contributed by atoms with Crippen molar-refractivity contribution in [2.75, 3.05) is 40.4 Å². The van der Waals surface area contributed by atoms with Gasteiger partial charge in [-0.3, -0.25) is 48.4 Å². The normalized spacial score (nSPS) is 23.6. The fraction of sp³-hybridized carbons (Fsp3) is 0.750. The Hall–Kier alpha value is -2.86. The molecule has 2 aliphatic heterocycles. The summed E-state index contributed by atoms with van der Waals surface area (Å²) in [7, 11) is 3.34. The maximum absolute atomic E-state index is 12.8. The van der Waals surface area contributed by atoms with Gasteiger partial charge in [0, 0.05) is 0 Å². The van der Waals surface area contributed by atoms with E-state index in [4.69, 9.17) is 9.47 Å². The number of likely N-dealkylation sites (N-methyl/N-ethyl adjacent to an activating group) is 2. The van der Waals surface area contributed by atoms with E-state index in [1.54, 1.807) is 79.3 Å². The Morgan fingerprint density at radius 1 is 0.556 bits per heavy atom. The van der Waals surface area contributed by atoms with Gasteiger partial charge in [-0.1, -0.05) is 0 Å². The van der Waals surface area contributed by atoms with E-state index in [9.17, 15) is 28.8 Å². The average Bonchev–Trinajstić information content (AvgIpc) is 2.79. The van der Waals surface area contributed by atoms with Gasteiger partial charge >= 0.3 is 11.9 Å². The van der Waals surface area contributed by atoms with Crippen molar-refractivity contribution in [2.45, 2.75) is 77.5 Å². The van der Waals surface area contributed by atoms with Gasteiger partial charge in [-0.25, -0.2) is 0 Å². The van der Waals surface area contributed by atoms with E-state index >= 15 is 0 Å². The van der Waals surface area contributed by atoms with Crippen LogP contribution in [0.4, 0.5) is 0 Å². The molecule has 202 valence electrons. The van der Waals surface area contributed by atoms with Crippen LogP contribution < -0.4 is 0 Å². The van der Waals surface area contributed by atoms with Crippen molar-refractivity contribution in [1.29, 1.82) is 0 Å². The molecule has 0 aliphatic carbocycles. The Morgan fingerprint density at radius 3 is 1.00 bits per heavy atom. The maximum Gasteiger partial charge on any atom is 0.326 e. The summed E-state index contributed by atoms with van der Waals surface area (Å²) in [5, 5.41) is 0. The van der Waals surface area contributed by atoms with Gasteiger partial charge in [0.1, 0.15) is 26.3 Å². The third-order valence-corrected chi connectivity index (χ3v) is 7.61. The van der Waals surface area contributed by atoms with Gasteiger partial charge in [0.05, 0.1) is 22.2 Å². The van der Waals surface area contributed by atoms with Gasteiger partial charge in [0.15, 0.2) is 0 Å². The van der Waals surface area contributed by atoms with Gasteiger partial charge in [0.25, 0.3) is 0 Å². The number of imide groups is 2. The summed E-state index contributed by atoms with van der Waals surface area (Å²) in [6.45, 7) is 11.5. The van der Waals surface area contributed by atoms with E-state index in [1.807, 2.05) is 0 Å². The first-order valence-electron chi connectivity index (χ1n) is 11.7. The lowest BCUT2D eigenvalue weighted by atomic mass is 9.87. The molecule has 0 spiro atoms. The zero-order valence-corrected chi connectivity index (χ0v) is 22.9. The highest BCUT2D eigenvalue weighted by Crippen LogP contribution is 2.33. The molecule has 0 aromatic carbocycles. The second kappa shape index (κ2) is 9.55. The first-order valence-corrected chi connectivity index (χ1v) is 11.7. The zero-order chi connectivity index (χ0) is 28.0. The summed E-state index contributed by atoms with van der Waals surface area (Å²) in [6.07, 6.45) is 0. The van der Waals surface area contributed by atoms with Crippen LogP contribution in [0.25, 0.3) is 0 Å². The minimum Gasteiger partial charge on any atom is -0.461 e. The number of amides is 4. The molecule has 2 saturated heterocycles.